The largest absolute Gasteiger partial charge is 0.486 e. The summed E-state index contributed by atoms with van der Waals surface area (Å²) in [6.45, 7) is 5.12. The SMILES string of the molecule is CNCc1ccc(OCc2cc(C)cc(C)c2)c(F)c1. The number of halogens is 1. The number of nitrogens with one attached hydrogen (secondary N) is 1. The molecular formula is C17H20FNO. The molecular weight excluding hydrogens is 253 g/mol. The van der Waals surface area contributed by atoms with E-state index in [9.17, 15) is 4.39 Å². The standard InChI is InChI=1S/C17H20FNO/c1-12-6-13(2)8-15(7-12)11-20-17-5-4-14(10-19-3)9-16(17)18/h4-9,19H,10-11H2,1-3H3. The van der Waals surface area contributed by atoms with E-state index in [1.807, 2.05) is 27.0 Å². The minimum atomic E-state index is -0.317. The Morgan fingerprint density at radius 1 is 1.00 bits per heavy atom. The van der Waals surface area contributed by atoms with Crippen LogP contribution in [-0.4, -0.2) is 7.05 Å². The van der Waals surface area contributed by atoms with Gasteiger partial charge in [0.15, 0.2) is 11.6 Å². The molecule has 0 unspecified atom stereocenters. The summed E-state index contributed by atoms with van der Waals surface area (Å²) >= 11 is 0. The summed E-state index contributed by atoms with van der Waals surface area (Å²) in [6.07, 6.45) is 0. The lowest BCUT2D eigenvalue weighted by molar-refractivity contribution is 0.290. The Bertz CT molecular complexity index is 575. The van der Waals surface area contributed by atoms with Crippen molar-refractivity contribution in [3.05, 3.63) is 64.5 Å². The highest BCUT2D eigenvalue weighted by molar-refractivity contribution is 5.31. The third-order valence-electron chi connectivity index (χ3n) is 3.05. The van der Waals surface area contributed by atoms with Crippen molar-refractivity contribution in [1.29, 1.82) is 0 Å². The zero-order valence-corrected chi connectivity index (χ0v) is 12.2. The van der Waals surface area contributed by atoms with Crippen LogP contribution in [0.2, 0.25) is 0 Å². The molecule has 0 saturated heterocycles. The van der Waals surface area contributed by atoms with Crippen molar-refractivity contribution in [2.45, 2.75) is 27.0 Å². The summed E-state index contributed by atoms with van der Waals surface area (Å²) < 4.78 is 19.5. The summed E-state index contributed by atoms with van der Waals surface area (Å²) in [5, 5.41) is 2.99. The van der Waals surface area contributed by atoms with Crippen LogP contribution in [0.4, 0.5) is 4.39 Å². The molecule has 0 aromatic heterocycles. The second kappa shape index (κ2) is 6.53. The van der Waals surface area contributed by atoms with Gasteiger partial charge in [-0.25, -0.2) is 4.39 Å². The maximum atomic E-state index is 13.9. The summed E-state index contributed by atoms with van der Waals surface area (Å²) in [5.41, 5.74) is 4.34. The zero-order chi connectivity index (χ0) is 14.5. The van der Waals surface area contributed by atoms with Crippen molar-refractivity contribution in [2.24, 2.45) is 0 Å². The van der Waals surface area contributed by atoms with Crippen LogP contribution in [0.5, 0.6) is 5.75 Å². The van der Waals surface area contributed by atoms with E-state index in [0.717, 1.165) is 11.1 Å². The molecule has 0 heterocycles. The molecule has 0 spiro atoms. The topological polar surface area (TPSA) is 21.3 Å². The third-order valence-corrected chi connectivity index (χ3v) is 3.05. The lowest BCUT2D eigenvalue weighted by Crippen LogP contribution is -2.05. The summed E-state index contributed by atoms with van der Waals surface area (Å²) in [5.74, 6) is -0.0221. The van der Waals surface area contributed by atoms with Gasteiger partial charge in [-0.05, 0) is 44.2 Å². The van der Waals surface area contributed by atoms with Gasteiger partial charge in [-0.2, -0.15) is 0 Å². The maximum Gasteiger partial charge on any atom is 0.165 e. The number of hydrogen-bond acceptors (Lipinski definition) is 2. The number of benzene rings is 2. The Balaban J connectivity index is 2.06. The molecule has 0 amide bonds. The second-order valence-corrected chi connectivity index (χ2v) is 5.08. The first-order chi connectivity index (χ1) is 9.58. The van der Waals surface area contributed by atoms with Gasteiger partial charge >= 0.3 is 0 Å². The lowest BCUT2D eigenvalue weighted by atomic mass is 10.1. The van der Waals surface area contributed by atoms with Gasteiger partial charge in [-0.3, -0.25) is 0 Å². The molecule has 0 fully saturated rings. The smallest absolute Gasteiger partial charge is 0.165 e. The quantitative estimate of drug-likeness (QED) is 0.896. The normalized spacial score (nSPS) is 10.6. The van der Waals surface area contributed by atoms with E-state index in [1.54, 1.807) is 6.07 Å². The molecule has 3 heteroatoms. The molecule has 2 aromatic carbocycles. The molecule has 2 rings (SSSR count). The average Bonchev–Trinajstić information content (AvgIpc) is 2.37. The lowest BCUT2D eigenvalue weighted by Gasteiger charge is -2.10. The molecule has 0 radical (unpaired) electrons. The number of rotatable bonds is 5. The molecule has 20 heavy (non-hydrogen) atoms. The number of hydrogen-bond donors (Lipinski definition) is 1. The Labute approximate surface area is 119 Å². The first-order valence-corrected chi connectivity index (χ1v) is 6.71. The van der Waals surface area contributed by atoms with Gasteiger partial charge in [0.2, 0.25) is 0 Å². The van der Waals surface area contributed by atoms with E-state index in [1.165, 1.54) is 17.2 Å². The van der Waals surface area contributed by atoms with E-state index < -0.39 is 0 Å². The van der Waals surface area contributed by atoms with Gasteiger partial charge in [0.05, 0.1) is 0 Å². The minimum Gasteiger partial charge on any atom is -0.486 e. The van der Waals surface area contributed by atoms with Gasteiger partial charge in [0.25, 0.3) is 0 Å². The summed E-state index contributed by atoms with van der Waals surface area (Å²) in [7, 11) is 1.84. The Morgan fingerprint density at radius 2 is 1.70 bits per heavy atom. The van der Waals surface area contributed by atoms with Crippen LogP contribution in [0.15, 0.2) is 36.4 Å². The maximum absolute atomic E-state index is 13.9. The number of aryl methyl sites for hydroxylation is 2. The van der Waals surface area contributed by atoms with E-state index in [2.05, 4.69) is 23.5 Å². The van der Waals surface area contributed by atoms with Crippen molar-refractivity contribution >= 4 is 0 Å². The van der Waals surface area contributed by atoms with Gasteiger partial charge in [-0.1, -0.05) is 35.4 Å². The van der Waals surface area contributed by atoms with Crippen LogP contribution >= 0.6 is 0 Å². The van der Waals surface area contributed by atoms with Gasteiger partial charge < -0.3 is 10.1 Å². The summed E-state index contributed by atoms with van der Waals surface area (Å²) in [4.78, 5) is 0. The monoisotopic (exact) mass is 273 g/mol. The van der Waals surface area contributed by atoms with Crippen LogP contribution in [0.1, 0.15) is 22.3 Å². The average molecular weight is 273 g/mol. The highest BCUT2D eigenvalue weighted by Crippen LogP contribution is 2.20. The Kier molecular flexibility index (Phi) is 4.74. The molecule has 2 aromatic rings. The van der Waals surface area contributed by atoms with Crippen LogP contribution < -0.4 is 10.1 Å². The molecule has 106 valence electrons. The van der Waals surface area contributed by atoms with E-state index >= 15 is 0 Å². The molecule has 0 aliphatic rings. The van der Waals surface area contributed by atoms with Crippen molar-refractivity contribution in [3.63, 3.8) is 0 Å². The zero-order valence-electron chi connectivity index (χ0n) is 12.2. The van der Waals surface area contributed by atoms with Crippen LogP contribution in [0, 0.1) is 19.7 Å². The van der Waals surface area contributed by atoms with Crippen molar-refractivity contribution in [1.82, 2.24) is 5.32 Å². The third kappa shape index (κ3) is 3.81. The number of ether oxygens (including phenoxy) is 1. The van der Waals surface area contributed by atoms with E-state index in [-0.39, 0.29) is 5.82 Å². The highest BCUT2D eigenvalue weighted by Gasteiger charge is 2.05. The molecule has 0 saturated carbocycles. The fourth-order valence-electron chi connectivity index (χ4n) is 2.29. The molecule has 2 nitrogen and oxygen atoms in total. The molecule has 0 bridgehead atoms. The second-order valence-electron chi connectivity index (χ2n) is 5.08. The van der Waals surface area contributed by atoms with Crippen LogP contribution in [-0.2, 0) is 13.2 Å². The van der Waals surface area contributed by atoms with Crippen molar-refractivity contribution < 1.29 is 9.13 Å². The van der Waals surface area contributed by atoms with Crippen LogP contribution in [0.25, 0.3) is 0 Å². The molecule has 0 aliphatic heterocycles. The van der Waals surface area contributed by atoms with Crippen molar-refractivity contribution in [2.75, 3.05) is 7.05 Å². The minimum absolute atomic E-state index is 0.295. The first-order valence-electron chi connectivity index (χ1n) is 6.71. The molecule has 1 N–H and O–H groups in total. The van der Waals surface area contributed by atoms with Gasteiger partial charge in [0, 0.05) is 6.54 Å². The summed E-state index contributed by atoms with van der Waals surface area (Å²) in [6, 6.07) is 11.3. The highest BCUT2D eigenvalue weighted by atomic mass is 19.1. The molecule has 0 atom stereocenters. The Hall–Kier alpha value is -1.87. The van der Waals surface area contributed by atoms with E-state index in [4.69, 9.17) is 4.74 Å². The van der Waals surface area contributed by atoms with Gasteiger partial charge in [-0.15, -0.1) is 0 Å². The first kappa shape index (κ1) is 14.5. The molecule has 0 aliphatic carbocycles. The fourth-order valence-corrected chi connectivity index (χ4v) is 2.29. The van der Waals surface area contributed by atoms with Crippen LogP contribution in [0.3, 0.4) is 0 Å². The fraction of sp³-hybridized carbons (Fsp3) is 0.294. The van der Waals surface area contributed by atoms with Crippen molar-refractivity contribution in [3.8, 4) is 5.75 Å². The Morgan fingerprint density at radius 3 is 2.30 bits per heavy atom. The predicted octanol–water partition coefficient (Wildman–Crippen LogP) is 3.74. The van der Waals surface area contributed by atoms with E-state index in [0.29, 0.717) is 18.9 Å². The predicted molar refractivity (Wildman–Crippen MR) is 79.4 cm³/mol. The van der Waals surface area contributed by atoms with Gasteiger partial charge in [0.1, 0.15) is 6.61 Å².